The third-order valence-electron chi connectivity index (χ3n) is 5.12. The van der Waals surface area contributed by atoms with Crippen molar-refractivity contribution in [1.82, 2.24) is 25.0 Å². The topological polar surface area (TPSA) is 63.1 Å². The van der Waals surface area contributed by atoms with Gasteiger partial charge in [0.15, 0.2) is 5.16 Å². The van der Waals surface area contributed by atoms with Crippen molar-refractivity contribution in [2.75, 3.05) is 18.8 Å². The van der Waals surface area contributed by atoms with Gasteiger partial charge in [-0.05, 0) is 55.3 Å². The normalized spacial score (nSPS) is 14.2. The van der Waals surface area contributed by atoms with E-state index in [9.17, 15) is 4.79 Å². The van der Waals surface area contributed by atoms with Crippen LogP contribution >= 0.6 is 23.4 Å². The lowest BCUT2D eigenvalue weighted by atomic mass is 10.1. The summed E-state index contributed by atoms with van der Waals surface area (Å²) < 4.78 is 1.83. The van der Waals surface area contributed by atoms with E-state index in [0.29, 0.717) is 16.7 Å². The number of nitrogens with zero attached hydrogens (tertiary/aromatic N) is 4. The van der Waals surface area contributed by atoms with Crippen LogP contribution in [0.5, 0.6) is 0 Å². The molecule has 2 aromatic carbocycles. The molecular formula is C22H24ClN5OS. The van der Waals surface area contributed by atoms with Crippen molar-refractivity contribution in [3.63, 3.8) is 0 Å². The summed E-state index contributed by atoms with van der Waals surface area (Å²) in [6.45, 7) is 3.79. The molecule has 1 amide bonds. The summed E-state index contributed by atoms with van der Waals surface area (Å²) in [5.74, 6) is 0.240. The van der Waals surface area contributed by atoms with E-state index in [0.717, 1.165) is 25.3 Å². The molecule has 0 unspecified atom stereocenters. The predicted molar refractivity (Wildman–Crippen MR) is 120 cm³/mol. The Hall–Kier alpha value is -2.35. The summed E-state index contributed by atoms with van der Waals surface area (Å²) in [6.07, 6.45) is 4.17. The number of halogens is 1. The highest BCUT2D eigenvalue weighted by Gasteiger charge is 2.14. The molecule has 4 rings (SSSR count). The number of amides is 1. The van der Waals surface area contributed by atoms with Crippen molar-refractivity contribution < 1.29 is 4.79 Å². The molecule has 0 saturated carbocycles. The Bertz CT molecular complexity index is 1000. The highest BCUT2D eigenvalue weighted by molar-refractivity contribution is 7.99. The molecule has 0 spiro atoms. The maximum atomic E-state index is 12.4. The molecular weight excluding hydrogens is 418 g/mol. The number of rotatable bonds is 8. The molecule has 8 heteroatoms. The van der Waals surface area contributed by atoms with E-state index in [-0.39, 0.29) is 11.7 Å². The Morgan fingerprint density at radius 2 is 1.90 bits per heavy atom. The van der Waals surface area contributed by atoms with Crippen molar-refractivity contribution in [2.24, 2.45) is 0 Å². The Morgan fingerprint density at radius 3 is 2.70 bits per heavy atom. The second-order valence-corrected chi connectivity index (χ2v) is 8.66. The van der Waals surface area contributed by atoms with Crippen LogP contribution in [-0.4, -0.2) is 44.4 Å². The van der Waals surface area contributed by atoms with Crippen molar-refractivity contribution in [1.29, 1.82) is 0 Å². The number of carbonyl (C=O) groups excluding carboxylic acids is 1. The number of thioether (sulfide) groups is 1. The van der Waals surface area contributed by atoms with E-state index in [2.05, 4.69) is 38.6 Å². The number of nitrogens with one attached hydrogen (secondary N) is 1. The molecule has 156 valence electrons. The van der Waals surface area contributed by atoms with Crippen LogP contribution in [0.3, 0.4) is 0 Å². The molecule has 6 nitrogen and oxygen atoms in total. The summed E-state index contributed by atoms with van der Waals surface area (Å²) in [5.41, 5.74) is 3.32. The van der Waals surface area contributed by atoms with Gasteiger partial charge in [-0.15, -0.1) is 10.2 Å². The van der Waals surface area contributed by atoms with Crippen LogP contribution in [-0.2, 0) is 17.9 Å². The zero-order valence-corrected chi connectivity index (χ0v) is 18.2. The zero-order chi connectivity index (χ0) is 20.8. The number of likely N-dealkylation sites (tertiary alicyclic amines) is 1. The van der Waals surface area contributed by atoms with E-state index >= 15 is 0 Å². The first-order chi connectivity index (χ1) is 14.7. The van der Waals surface area contributed by atoms with Gasteiger partial charge in [0, 0.05) is 18.1 Å². The molecule has 2 heterocycles. The third-order valence-corrected chi connectivity index (χ3v) is 6.30. The van der Waals surface area contributed by atoms with E-state index < -0.39 is 0 Å². The van der Waals surface area contributed by atoms with Crippen LogP contribution in [0.1, 0.15) is 24.0 Å². The minimum Gasteiger partial charge on any atom is -0.351 e. The fraction of sp³-hybridized carbons (Fsp3) is 0.318. The molecule has 30 heavy (non-hydrogen) atoms. The molecule has 1 saturated heterocycles. The number of benzene rings is 2. The van der Waals surface area contributed by atoms with Gasteiger partial charge in [-0.1, -0.05) is 53.7 Å². The molecule has 1 N–H and O–H groups in total. The van der Waals surface area contributed by atoms with Gasteiger partial charge in [-0.3, -0.25) is 14.3 Å². The van der Waals surface area contributed by atoms with Crippen LogP contribution < -0.4 is 5.32 Å². The van der Waals surface area contributed by atoms with E-state index in [1.165, 1.54) is 35.7 Å². The van der Waals surface area contributed by atoms with Gasteiger partial charge in [0.25, 0.3) is 0 Å². The third kappa shape index (κ3) is 5.41. The smallest absolute Gasteiger partial charge is 0.230 e. The summed E-state index contributed by atoms with van der Waals surface area (Å²) in [6, 6.07) is 15.8. The fourth-order valence-electron chi connectivity index (χ4n) is 3.57. The molecule has 3 aromatic rings. The average Bonchev–Trinajstić information content (AvgIpc) is 3.43. The minimum atomic E-state index is -0.0309. The Labute approximate surface area is 185 Å². The molecule has 1 aliphatic rings. The van der Waals surface area contributed by atoms with Crippen LogP contribution in [0.4, 0.5) is 0 Å². The van der Waals surface area contributed by atoms with Gasteiger partial charge >= 0.3 is 0 Å². The van der Waals surface area contributed by atoms with Crippen molar-refractivity contribution in [3.05, 3.63) is 71.0 Å². The highest BCUT2D eigenvalue weighted by Crippen LogP contribution is 2.21. The monoisotopic (exact) mass is 441 g/mol. The van der Waals surface area contributed by atoms with Gasteiger partial charge < -0.3 is 5.32 Å². The van der Waals surface area contributed by atoms with Crippen LogP contribution in [0, 0.1) is 0 Å². The van der Waals surface area contributed by atoms with Gasteiger partial charge in [-0.2, -0.15) is 0 Å². The summed E-state index contributed by atoms with van der Waals surface area (Å²) in [7, 11) is 0. The Balaban J connectivity index is 1.32. The maximum absolute atomic E-state index is 12.4. The van der Waals surface area contributed by atoms with Gasteiger partial charge in [-0.25, -0.2) is 0 Å². The fourth-order valence-corrected chi connectivity index (χ4v) is 4.51. The predicted octanol–water partition coefficient (Wildman–Crippen LogP) is 3.93. The van der Waals surface area contributed by atoms with Crippen LogP contribution in [0.25, 0.3) is 5.69 Å². The van der Waals surface area contributed by atoms with Gasteiger partial charge in [0.2, 0.25) is 5.91 Å². The lowest BCUT2D eigenvalue weighted by Gasteiger charge is -2.17. The first kappa shape index (κ1) is 20.9. The van der Waals surface area contributed by atoms with Crippen LogP contribution in [0.15, 0.2) is 60.0 Å². The van der Waals surface area contributed by atoms with Crippen molar-refractivity contribution >= 4 is 29.3 Å². The lowest BCUT2D eigenvalue weighted by Crippen LogP contribution is -2.26. The molecule has 0 radical (unpaired) electrons. The van der Waals surface area contributed by atoms with Crippen LogP contribution in [0.2, 0.25) is 5.02 Å². The summed E-state index contributed by atoms with van der Waals surface area (Å²) >= 11 is 7.43. The standard InChI is InChI=1S/C22H24ClN5OS/c23-19-8-5-9-20(12-19)28-16-25-26-22(28)30-15-21(29)24-13-17-6-1-2-7-18(17)14-27-10-3-4-11-27/h1-2,5-9,12,16H,3-4,10-11,13-15H2,(H,24,29). The summed E-state index contributed by atoms with van der Waals surface area (Å²) in [4.78, 5) is 14.9. The number of hydrogen-bond donors (Lipinski definition) is 1. The van der Waals surface area contributed by atoms with Gasteiger partial charge in [0.1, 0.15) is 6.33 Å². The zero-order valence-electron chi connectivity index (χ0n) is 16.6. The molecule has 1 aromatic heterocycles. The van der Waals surface area contributed by atoms with Crippen molar-refractivity contribution in [3.8, 4) is 5.69 Å². The maximum Gasteiger partial charge on any atom is 0.230 e. The molecule has 1 aliphatic heterocycles. The van der Waals surface area contributed by atoms with Crippen molar-refractivity contribution in [2.45, 2.75) is 31.1 Å². The minimum absolute atomic E-state index is 0.0309. The Morgan fingerprint density at radius 1 is 1.10 bits per heavy atom. The number of aromatic nitrogens is 3. The van der Waals surface area contributed by atoms with E-state index in [4.69, 9.17) is 11.6 Å². The second-order valence-electron chi connectivity index (χ2n) is 7.28. The second kappa shape index (κ2) is 10.1. The molecule has 0 aliphatic carbocycles. The SMILES string of the molecule is O=C(CSc1nncn1-c1cccc(Cl)c1)NCc1ccccc1CN1CCCC1. The number of carbonyl (C=O) groups is 1. The Kier molecular flexibility index (Phi) is 7.04. The first-order valence-electron chi connectivity index (χ1n) is 10.0. The first-order valence-corrected chi connectivity index (χ1v) is 11.4. The number of hydrogen-bond acceptors (Lipinski definition) is 5. The van der Waals surface area contributed by atoms with E-state index in [1.807, 2.05) is 34.9 Å². The largest absolute Gasteiger partial charge is 0.351 e. The molecule has 0 bridgehead atoms. The highest BCUT2D eigenvalue weighted by atomic mass is 35.5. The molecule has 1 fully saturated rings. The quantitative estimate of drug-likeness (QED) is 0.537. The van der Waals surface area contributed by atoms with Gasteiger partial charge in [0.05, 0.1) is 11.4 Å². The lowest BCUT2D eigenvalue weighted by molar-refractivity contribution is -0.118. The van der Waals surface area contributed by atoms with E-state index in [1.54, 1.807) is 6.33 Å². The average molecular weight is 442 g/mol. The summed E-state index contributed by atoms with van der Waals surface area (Å²) in [5, 5.41) is 12.4. The molecule has 0 atom stereocenters.